The summed E-state index contributed by atoms with van der Waals surface area (Å²) >= 11 is 6.10. The monoisotopic (exact) mass is 686 g/mol. The molecule has 5 aromatic rings. The number of thiophene rings is 1. The zero-order chi connectivity index (χ0) is 31.7. The summed E-state index contributed by atoms with van der Waals surface area (Å²) in [6.07, 6.45) is 3.80. The van der Waals surface area contributed by atoms with Gasteiger partial charge in [0.05, 0.1) is 4.75 Å². The Balaban J connectivity index is 0.942. The van der Waals surface area contributed by atoms with Crippen molar-refractivity contribution in [2.24, 2.45) is 0 Å². The maximum Gasteiger partial charge on any atom is 0.241 e. The van der Waals surface area contributed by atoms with E-state index in [0.717, 1.165) is 51.8 Å². The van der Waals surface area contributed by atoms with Crippen LogP contribution in [0.3, 0.4) is 0 Å². The molecule has 0 radical (unpaired) electrons. The number of aromatic nitrogens is 6. The van der Waals surface area contributed by atoms with Crippen LogP contribution in [0.1, 0.15) is 44.0 Å². The van der Waals surface area contributed by atoms with Crippen molar-refractivity contribution in [2.75, 3.05) is 16.4 Å². The number of aromatic amines is 2. The first-order valence-corrected chi connectivity index (χ1v) is 18.2. The summed E-state index contributed by atoms with van der Waals surface area (Å²) in [5.41, 5.74) is 3.56. The average molecular weight is 687 g/mol. The van der Waals surface area contributed by atoms with E-state index < -0.39 is 9.49 Å². The van der Waals surface area contributed by atoms with Gasteiger partial charge in [-0.2, -0.15) is 11.3 Å². The normalized spacial score (nSPS) is 17.0. The first-order chi connectivity index (χ1) is 22.3. The van der Waals surface area contributed by atoms with Crippen LogP contribution in [0, 0.1) is 0 Å². The SMILES string of the molecule is CC(C)(Sc1n[nH]c(-c2ccsc2)n1)C(=O)Nc1ccc(C2=CC(c3nc(SC4(C(=O)Nc5ccccc5)CC4)n[nH]3)CS2)cc1. The number of benzene rings is 2. The molecule has 1 unspecified atom stereocenters. The molecule has 1 fully saturated rings. The highest BCUT2D eigenvalue weighted by molar-refractivity contribution is 8.08. The van der Waals surface area contributed by atoms with Crippen LogP contribution in [0.5, 0.6) is 0 Å². The minimum absolute atomic E-state index is 0.00585. The standard InChI is InChI=1S/C32H30N8O2S4/c1-31(2,45-29-35-25(37-39-29)20-12-15-43-17-20)27(41)33-23-10-8-19(9-11-23)24-16-21(18-44-24)26-36-30(40-38-26)46-32(13-14-32)28(42)34-22-6-4-3-5-7-22/h3-12,15-17,21H,13-14,18H2,1-2H3,(H,33,41)(H,34,42)(H,35,37,39)(H,36,38,40). The molecule has 2 amide bonds. The molecule has 0 bridgehead atoms. The van der Waals surface area contributed by atoms with Crippen LogP contribution < -0.4 is 10.6 Å². The summed E-state index contributed by atoms with van der Waals surface area (Å²) in [6, 6.07) is 19.4. The lowest BCUT2D eigenvalue weighted by Crippen LogP contribution is -2.34. The molecular formula is C32H30N8O2S4. The summed E-state index contributed by atoms with van der Waals surface area (Å²) in [7, 11) is 0. The van der Waals surface area contributed by atoms with Crippen molar-refractivity contribution >= 4 is 74.7 Å². The Morgan fingerprint density at radius 2 is 1.67 bits per heavy atom. The van der Waals surface area contributed by atoms with Gasteiger partial charge in [0.15, 0.2) is 5.82 Å². The fourth-order valence-electron chi connectivity index (χ4n) is 4.79. The molecule has 2 aromatic carbocycles. The van der Waals surface area contributed by atoms with Crippen LogP contribution in [0.15, 0.2) is 87.8 Å². The van der Waals surface area contributed by atoms with Crippen LogP contribution in [-0.2, 0) is 9.59 Å². The summed E-state index contributed by atoms with van der Waals surface area (Å²) in [4.78, 5) is 36.6. The van der Waals surface area contributed by atoms with Crippen molar-refractivity contribution in [1.82, 2.24) is 30.4 Å². The minimum Gasteiger partial charge on any atom is -0.325 e. The maximum absolute atomic E-state index is 13.2. The van der Waals surface area contributed by atoms with Crippen LogP contribution >= 0.6 is 46.6 Å². The average Bonchev–Trinajstić information content (AvgIpc) is 3.61. The van der Waals surface area contributed by atoms with Crippen molar-refractivity contribution in [3.05, 3.63) is 88.9 Å². The predicted molar refractivity (Wildman–Crippen MR) is 187 cm³/mol. The second kappa shape index (κ2) is 12.7. The van der Waals surface area contributed by atoms with Gasteiger partial charge in [-0.3, -0.25) is 19.8 Å². The molecule has 4 heterocycles. The number of para-hydroxylation sites is 1. The van der Waals surface area contributed by atoms with E-state index in [9.17, 15) is 9.59 Å². The molecular weight excluding hydrogens is 657 g/mol. The molecule has 0 spiro atoms. The van der Waals surface area contributed by atoms with Crippen LogP contribution in [0.25, 0.3) is 16.3 Å². The molecule has 10 nitrogen and oxygen atoms in total. The van der Waals surface area contributed by atoms with Gasteiger partial charge in [0.2, 0.25) is 22.1 Å². The van der Waals surface area contributed by atoms with Crippen LogP contribution in [-0.4, -0.2) is 57.4 Å². The van der Waals surface area contributed by atoms with Gasteiger partial charge in [-0.25, -0.2) is 9.97 Å². The summed E-state index contributed by atoms with van der Waals surface area (Å²) in [5.74, 6) is 2.27. The topological polar surface area (TPSA) is 141 Å². The lowest BCUT2D eigenvalue weighted by atomic mass is 10.1. The van der Waals surface area contributed by atoms with Gasteiger partial charge in [-0.15, -0.1) is 22.0 Å². The number of hydrogen-bond acceptors (Lipinski definition) is 10. The van der Waals surface area contributed by atoms with Gasteiger partial charge in [0, 0.05) is 38.9 Å². The quantitative estimate of drug-likeness (QED) is 0.105. The van der Waals surface area contributed by atoms with Crippen molar-refractivity contribution < 1.29 is 9.59 Å². The largest absolute Gasteiger partial charge is 0.325 e. The van der Waals surface area contributed by atoms with Gasteiger partial charge in [-0.1, -0.05) is 59.9 Å². The van der Waals surface area contributed by atoms with Gasteiger partial charge in [-0.05, 0) is 68.0 Å². The lowest BCUT2D eigenvalue weighted by Gasteiger charge is -2.21. The Bertz CT molecular complexity index is 1880. The van der Waals surface area contributed by atoms with E-state index in [0.29, 0.717) is 16.1 Å². The summed E-state index contributed by atoms with van der Waals surface area (Å²) in [6.45, 7) is 3.72. The molecule has 0 saturated heterocycles. The molecule has 46 heavy (non-hydrogen) atoms. The number of H-pyrrole nitrogens is 2. The zero-order valence-electron chi connectivity index (χ0n) is 24.9. The number of carbonyl (C=O) groups is 2. The van der Waals surface area contributed by atoms with Crippen molar-refractivity contribution in [1.29, 1.82) is 0 Å². The number of rotatable bonds is 11. The Hall–Kier alpha value is -3.85. The number of nitrogens with one attached hydrogen (secondary N) is 4. The van der Waals surface area contributed by atoms with E-state index >= 15 is 0 Å². The Morgan fingerprint density at radius 1 is 0.913 bits per heavy atom. The Labute approximate surface area is 282 Å². The number of hydrogen-bond donors (Lipinski definition) is 4. The highest BCUT2D eigenvalue weighted by atomic mass is 32.2. The van der Waals surface area contributed by atoms with Gasteiger partial charge in [0.25, 0.3) is 0 Å². The van der Waals surface area contributed by atoms with Crippen molar-refractivity contribution in [3.63, 3.8) is 0 Å². The van der Waals surface area contributed by atoms with E-state index in [1.54, 1.807) is 23.1 Å². The molecule has 1 aliphatic heterocycles. The third-order valence-corrected chi connectivity index (χ3v) is 11.9. The highest BCUT2D eigenvalue weighted by Crippen LogP contribution is 2.52. The predicted octanol–water partition coefficient (Wildman–Crippen LogP) is 7.30. The van der Waals surface area contributed by atoms with Crippen molar-refractivity contribution in [2.45, 2.75) is 52.4 Å². The Kier molecular flexibility index (Phi) is 8.53. The number of carbonyl (C=O) groups excluding carboxylic acids is 2. The van der Waals surface area contributed by atoms with E-state index in [4.69, 9.17) is 4.98 Å². The number of anilines is 2. The van der Waals surface area contributed by atoms with Crippen LogP contribution in [0.2, 0.25) is 0 Å². The number of thioether (sulfide) groups is 3. The first-order valence-electron chi connectivity index (χ1n) is 14.6. The lowest BCUT2D eigenvalue weighted by molar-refractivity contribution is -0.118. The Morgan fingerprint density at radius 3 is 2.41 bits per heavy atom. The number of nitrogens with zero attached hydrogens (tertiary/aromatic N) is 4. The minimum atomic E-state index is -0.789. The van der Waals surface area contributed by atoms with Gasteiger partial charge >= 0.3 is 0 Å². The van der Waals surface area contributed by atoms with E-state index in [1.165, 1.54) is 23.5 Å². The smallest absolute Gasteiger partial charge is 0.241 e. The second-order valence-corrected chi connectivity index (χ2v) is 16.3. The molecule has 14 heteroatoms. The van der Waals surface area contributed by atoms with E-state index in [1.807, 2.05) is 85.3 Å². The summed E-state index contributed by atoms with van der Waals surface area (Å²) < 4.78 is -1.31. The number of allylic oxidation sites excluding steroid dienone is 1. The molecule has 234 valence electrons. The first kappa shape index (κ1) is 30.8. The molecule has 1 saturated carbocycles. The molecule has 1 atom stereocenters. The fourth-order valence-corrected chi connectivity index (χ4v) is 8.47. The molecule has 7 rings (SSSR count). The van der Waals surface area contributed by atoms with Gasteiger partial charge in [0.1, 0.15) is 10.6 Å². The number of amides is 2. The summed E-state index contributed by atoms with van der Waals surface area (Å²) in [5, 5.41) is 25.9. The van der Waals surface area contributed by atoms with E-state index in [-0.39, 0.29) is 17.7 Å². The second-order valence-electron chi connectivity index (χ2n) is 11.5. The third-order valence-electron chi connectivity index (χ3n) is 7.62. The third kappa shape index (κ3) is 6.80. The fraction of sp³-hybridized carbons (Fsp3) is 0.250. The molecule has 3 aromatic heterocycles. The van der Waals surface area contributed by atoms with Gasteiger partial charge < -0.3 is 10.6 Å². The van der Waals surface area contributed by atoms with Crippen LogP contribution in [0.4, 0.5) is 11.4 Å². The maximum atomic E-state index is 13.2. The molecule has 1 aliphatic carbocycles. The van der Waals surface area contributed by atoms with Crippen molar-refractivity contribution in [3.8, 4) is 11.4 Å². The molecule has 4 N–H and O–H groups in total. The zero-order valence-corrected chi connectivity index (χ0v) is 28.2. The highest BCUT2D eigenvalue weighted by Gasteiger charge is 2.52. The van der Waals surface area contributed by atoms with E-state index in [2.05, 4.69) is 42.1 Å². The molecule has 2 aliphatic rings.